The number of Topliss-reactive ketones (excluding diaryl/α,β-unsaturated/α-hetero) is 1. The average Bonchev–Trinajstić information content (AvgIpc) is 2.68. The van der Waals surface area contributed by atoms with Gasteiger partial charge in [-0.25, -0.2) is 17.2 Å². The predicted molar refractivity (Wildman–Crippen MR) is 112 cm³/mol. The van der Waals surface area contributed by atoms with E-state index in [0.29, 0.717) is 44.1 Å². The maximum atomic E-state index is 14.1. The van der Waals surface area contributed by atoms with Crippen molar-refractivity contribution in [1.82, 2.24) is 4.72 Å². The van der Waals surface area contributed by atoms with Crippen LogP contribution in [0.3, 0.4) is 0 Å². The lowest BCUT2D eigenvalue weighted by atomic mass is 9.45. The fourth-order valence-electron chi connectivity index (χ4n) is 7.14. The zero-order valence-corrected chi connectivity index (χ0v) is 18.6. The third kappa shape index (κ3) is 3.39. The molecule has 1 aromatic carbocycles. The summed E-state index contributed by atoms with van der Waals surface area (Å²) in [5, 5.41) is 0. The number of ketones is 1. The molecule has 0 saturated heterocycles. The molecule has 5 saturated carbocycles. The molecule has 3 N–H and O–H groups in total. The molecule has 5 aliphatic carbocycles. The molecule has 1 aromatic rings. The van der Waals surface area contributed by atoms with Crippen LogP contribution in [0.25, 0.3) is 0 Å². The summed E-state index contributed by atoms with van der Waals surface area (Å²) in [5.74, 6) is -1.27. The highest BCUT2D eigenvalue weighted by Crippen LogP contribution is 2.63. The van der Waals surface area contributed by atoms with Crippen molar-refractivity contribution in [3.8, 4) is 0 Å². The first-order valence-electron chi connectivity index (χ1n) is 11.4. The van der Waals surface area contributed by atoms with E-state index in [1.807, 2.05) is 0 Å². The molecule has 174 valence electrons. The molecule has 6 nitrogen and oxygen atoms in total. The van der Waals surface area contributed by atoms with Crippen LogP contribution < -0.4 is 10.5 Å². The van der Waals surface area contributed by atoms with Crippen molar-refractivity contribution >= 4 is 21.7 Å². The van der Waals surface area contributed by atoms with Crippen molar-refractivity contribution in [1.29, 1.82) is 0 Å². The minimum Gasteiger partial charge on any atom is -0.369 e. The number of carbonyl (C=O) groups is 2. The quantitative estimate of drug-likeness (QED) is 0.644. The van der Waals surface area contributed by atoms with Gasteiger partial charge >= 0.3 is 0 Å². The van der Waals surface area contributed by atoms with E-state index < -0.39 is 37.5 Å². The summed E-state index contributed by atoms with van der Waals surface area (Å²) in [6, 6.07) is 2.25. The molecule has 6 rings (SSSR count). The second-order valence-electron chi connectivity index (χ2n) is 10.5. The Hall–Kier alpha value is -1.87. The average molecular weight is 467 g/mol. The third-order valence-corrected chi connectivity index (χ3v) is 10.2. The number of hydrogen-bond donors (Lipinski definition) is 2. The zero-order valence-electron chi connectivity index (χ0n) is 17.8. The van der Waals surface area contributed by atoms with Crippen LogP contribution in [-0.4, -0.2) is 25.6 Å². The Morgan fingerprint density at radius 1 is 1.09 bits per heavy atom. The Kier molecular flexibility index (Phi) is 5.02. The number of nitrogens with two attached hydrogens (primary N) is 1. The summed E-state index contributed by atoms with van der Waals surface area (Å²) in [6.07, 6.45) is 5.85. The summed E-state index contributed by atoms with van der Waals surface area (Å²) >= 11 is 0. The monoisotopic (exact) mass is 466 g/mol. The highest BCUT2D eigenvalue weighted by molar-refractivity contribution is 7.89. The normalized spacial score (nSPS) is 34.8. The molecular formula is C23H28F2N2O4S. The van der Waals surface area contributed by atoms with Crippen molar-refractivity contribution in [2.45, 2.75) is 68.2 Å². The lowest BCUT2D eigenvalue weighted by Gasteiger charge is -2.59. The van der Waals surface area contributed by atoms with E-state index in [1.165, 1.54) is 0 Å². The molecular weight excluding hydrogens is 438 g/mol. The van der Waals surface area contributed by atoms with Crippen molar-refractivity contribution in [3.63, 3.8) is 0 Å². The van der Waals surface area contributed by atoms with Crippen LogP contribution in [-0.2, 0) is 19.6 Å². The molecule has 4 bridgehead atoms. The molecule has 32 heavy (non-hydrogen) atoms. The van der Waals surface area contributed by atoms with E-state index in [0.717, 1.165) is 31.4 Å². The van der Waals surface area contributed by atoms with E-state index in [-0.39, 0.29) is 35.9 Å². The van der Waals surface area contributed by atoms with Crippen LogP contribution in [0.2, 0.25) is 0 Å². The van der Waals surface area contributed by atoms with Crippen molar-refractivity contribution < 1.29 is 26.8 Å². The molecule has 2 atom stereocenters. The number of sulfonamides is 1. The lowest BCUT2D eigenvalue weighted by Crippen LogP contribution is -2.61. The second kappa shape index (κ2) is 7.32. The van der Waals surface area contributed by atoms with Gasteiger partial charge in [0.25, 0.3) is 0 Å². The summed E-state index contributed by atoms with van der Waals surface area (Å²) in [5.41, 5.74) is 4.03. The van der Waals surface area contributed by atoms with Crippen LogP contribution >= 0.6 is 0 Å². The van der Waals surface area contributed by atoms with E-state index in [4.69, 9.17) is 5.73 Å². The van der Waals surface area contributed by atoms with Crippen LogP contribution in [0.15, 0.2) is 23.1 Å². The number of nitrogens with one attached hydrogen (secondary N) is 1. The maximum absolute atomic E-state index is 14.1. The number of halogens is 2. The summed E-state index contributed by atoms with van der Waals surface area (Å²) in [6.45, 7) is 0. The van der Waals surface area contributed by atoms with Gasteiger partial charge < -0.3 is 5.73 Å². The highest BCUT2D eigenvalue weighted by atomic mass is 32.2. The molecule has 1 amide bonds. The smallest absolute Gasteiger partial charge is 0.244 e. The Labute approximate surface area is 186 Å². The number of rotatable bonds is 7. The van der Waals surface area contributed by atoms with Gasteiger partial charge in [-0.15, -0.1) is 0 Å². The Morgan fingerprint density at radius 3 is 2.31 bits per heavy atom. The Morgan fingerprint density at radius 2 is 1.75 bits per heavy atom. The van der Waals surface area contributed by atoms with Gasteiger partial charge in [0.15, 0.2) is 5.78 Å². The minimum absolute atomic E-state index is 0.111. The number of carbonyl (C=O) groups excluding carboxylic acids is 2. The maximum Gasteiger partial charge on any atom is 0.244 e. The highest BCUT2D eigenvalue weighted by Gasteiger charge is 2.59. The Balaban J connectivity index is 1.35. The standard InChI is InChI=1S/C23H28F2N2O4S/c24-16-2-3-18(25)19(8-16)32(30,31)27-23(4-1-5-23)20(28)9-17-14-6-13-7-15(17)12-22(10-13,11-14)21(26)29/h2-3,8,13-15,17,27H,1,4-7,9-12H2,(H2,26,29). The molecule has 0 aliphatic heterocycles. The van der Waals surface area contributed by atoms with Crippen LogP contribution in [0.4, 0.5) is 8.78 Å². The van der Waals surface area contributed by atoms with Gasteiger partial charge in [-0.3, -0.25) is 9.59 Å². The first-order valence-corrected chi connectivity index (χ1v) is 12.8. The topological polar surface area (TPSA) is 106 Å². The predicted octanol–water partition coefficient (Wildman–Crippen LogP) is 3.05. The van der Waals surface area contributed by atoms with Gasteiger partial charge in [0, 0.05) is 11.8 Å². The SMILES string of the molecule is NC(=O)C12CC3CC(C1)C(CC(=O)C1(NS(=O)(=O)c4cc(F)ccc4F)CCC1)C(C3)C2. The lowest BCUT2D eigenvalue weighted by molar-refractivity contribution is -0.152. The first-order chi connectivity index (χ1) is 15.0. The molecule has 0 heterocycles. The second-order valence-corrected chi connectivity index (χ2v) is 12.2. The van der Waals surface area contributed by atoms with Crippen molar-refractivity contribution in [3.05, 3.63) is 29.8 Å². The third-order valence-electron chi connectivity index (χ3n) is 8.67. The van der Waals surface area contributed by atoms with Gasteiger partial charge in [0.05, 0.1) is 5.54 Å². The van der Waals surface area contributed by atoms with E-state index in [9.17, 15) is 26.8 Å². The molecule has 0 spiro atoms. The van der Waals surface area contributed by atoms with Gasteiger partial charge in [0.1, 0.15) is 16.5 Å². The van der Waals surface area contributed by atoms with E-state index >= 15 is 0 Å². The molecule has 9 heteroatoms. The molecule has 2 unspecified atom stereocenters. The van der Waals surface area contributed by atoms with Gasteiger partial charge in [-0.1, -0.05) is 0 Å². The molecule has 0 radical (unpaired) electrons. The summed E-state index contributed by atoms with van der Waals surface area (Å²) in [4.78, 5) is 24.8. The van der Waals surface area contributed by atoms with Gasteiger partial charge in [-0.05, 0) is 93.2 Å². The minimum atomic E-state index is -4.41. The summed E-state index contributed by atoms with van der Waals surface area (Å²) < 4.78 is 55.8. The van der Waals surface area contributed by atoms with Crippen LogP contribution in [0.1, 0.15) is 57.8 Å². The van der Waals surface area contributed by atoms with Crippen LogP contribution in [0, 0.1) is 40.7 Å². The molecule has 0 aromatic heterocycles. The summed E-state index contributed by atoms with van der Waals surface area (Å²) in [7, 11) is -4.41. The van der Waals surface area contributed by atoms with Gasteiger partial charge in [-0.2, -0.15) is 4.72 Å². The van der Waals surface area contributed by atoms with E-state index in [1.54, 1.807) is 0 Å². The van der Waals surface area contributed by atoms with Crippen molar-refractivity contribution in [2.24, 2.45) is 34.8 Å². The largest absolute Gasteiger partial charge is 0.369 e. The molecule has 5 fully saturated rings. The zero-order chi connectivity index (χ0) is 22.9. The number of benzene rings is 1. The number of hydrogen-bond acceptors (Lipinski definition) is 4. The fraction of sp³-hybridized carbons (Fsp3) is 0.652. The van der Waals surface area contributed by atoms with Crippen LogP contribution in [0.5, 0.6) is 0 Å². The molecule has 5 aliphatic rings. The Bertz CT molecular complexity index is 1070. The number of amides is 1. The van der Waals surface area contributed by atoms with Crippen molar-refractivity contribution in [2.75, 3.05) is 0 Å². The van der Waals surface area contributed by atoms with E-state index in [2.05, 4.69) is 4.72 Å². The fourth-order valence-corrected chi connectivity index (χ4v) is 8.67. The number of primary amides is 1. The first kappa shape index (κ1) is 21.9. The van der Waals surface area contributed by atoms with Gasteiger partial charge in [0.2, 0.25) is 15.9 Å².